The van der Waals surface area contributed by atoms with Crippen molar-refractivity contribution in [2.24, 2.45) is 0 Å². The van der Waals surface area contributed by atoms with Crippen LogP contribution in [0, 0.1) is 0 Å². The number of hydrogen-bond donors (Lipinski definition) is 1. The van der Waals surface area contributed by atoms with Gasteiger partial charge in [0.2, 0.25) is 0 Å². The van der Waals surface area contributed by atoms with Crippen LogP contribution in [0.2, 0.25) is 0 Å². The van der Waals surface area contributed by atoms with Crippen LogP contribution in [0.5, 0.6) is 0 Å². The number of benzene rings is 1. The third kappa shape index (κ3) is 2.50. The first-order chi connectivity index (χ1) is 7.81. The van der Waals surface area contributed by atoms with Gasteiger partial charge in [-0.2, -0.15) is 0 Å². The second-order valence-corrected chi connectivity index (χ2v) is 4.46. The zero-order valence-corrected chi connectivity index (χ0v) is 9.83. The lowest BCUT2D eigenvalue weighted by Gasteiger charge is -2.26. The molecule has 0 radical (unpaired) electrons. The van der Waals surface area contributed by atoms with Gasteiger partial charge in [-0.3, -0.25) is 4.79 Å². The van der Waals surface area contributed by atoms with E-state index in [4.69, 9.17) is 0 Å². The van der Waals surface area contributed by atoms with Crippen LogP contribution in [0.4, 0.5) is 0 Å². The molecule has 0 amide bonds. The average Bonchev–Trinajstić information content (AvgIpc) is 2.24. The first-order valence-electron chi connectivity index (χ1n) is 6.15. The van der Waals surface area contributed by atoms with Crippen LogP contribution in [-0.4, -0.2) is 18.9 Å². The van der Waals surface area contributed by atoms with Crippen LogP contribution in [0.1, 0.15) is 48.0 Å². The molecule has 0 unspecified atom stereocenters. The minimum absolute atomic E-state index is 0.197. The SMILES string of the molecule is CCNCC(=O)c1cccc(C2CCC2)c1. The molecule has 0 aromatic heterocycles. The van der Waals surface area contributed by atoms with Gasteiger partial charge < -0.3 is 5.32 Å². The number of ketones is 1. The second-order valence-electron chi connectivity index (χ2n) is 4.46. The minimum atomic E-state index is 0.197. The fourth-order valence-electron chi connectivity index (χ4n) is 2.05. The van der Waals surface area contributed by atoms with Crippen molar-refractivity contribution in [1.82, 2.24) is 5.32 Å². The largest absolute Gasteiger partial charge is 0.310 e. The maximum absolute atomic E-state index is 11.8. The summed E-state index contributed by atoms with van der Waals surface area (Å²) < 4.78 is 0. The molecule has 0 atom stereocenters. The molecule has 1 saturated carbocycles. The van der Waals surface area contributed by atoms with Gasteiger partial charge in [0, 0.05) is 5.56 Å². The highest BCUT2D eigenvalue weighted by molar-refractivity contribution is 5.97. The van der Waals surface area contributed by atoms with Crippen molar-refractivity contribution < 1.29 is 4.79 Å². The quantitative estimate of drug-likeness (QED) is 0.768. The Morgan fingerprint density at radius 2 is 2.25 bits per heavy atom. The molecular weight excluding hydrogens is 198 g/mol. The summed E-state index contributed by atoms with van der Waals surface area (Å²) in [5.74, 6) is 0.898. The molecule has 1 aliphatic rings. The van der Waals surface area contributed by atoms with Crippen LogP contribution in [-0.2, 0) is 0 Å². The van der Waals surface area contributed by atoms with Crippen LogP contribution in [0.15, 0.2) is 24.3 Å². The lowest BCUT2D eigenvalue weighted by molar-refractivity contribution is 0.0991. The van der Waals surface area contributed by atoms with Gasteiger partial charge in [0.1, 0.15) is 0 Å². The normalized spacial score (nSPS) is 15.8. The Kier molecular flexibility index (Phi) is 3.73. The molecule has 86 valence electrons. The molecule has 2 rings (SSSR count). The number of Topliss-reactive ketones (excluding diaryl/α,β-unsaturated/α-hetero) is 1. The van der Waals surface area contributed by atoms with E-state index in [1.54, 1.807) is 0 Å². The smallest absolute Gasteiger partial charge is 0.176 e. The summed E-state index contributed by atoms with van der Waals surface area (Å²) in [6.07, 6.45) is 3.90. The lowest BCUT2D eigenvalue weighted by atomic mass is 9.79. The number of hydrogen-bond acceptors (Lipinski definition) is 2. The Morgan fingerprint density at radius 3 is 2.88 bits per heavy atom. The molecule has 1 fully saturated rings. The molecule has 0 saturated heterocycles. The maximum atomic E-state index is 11.8. The van der Waals surface area contributed by atoms with Gasteiger partial charge in [0.15, 0.2) is 5.78 Å². The molecule has 2 heteroatoms. The van der Waals surface area contributed by atoms with Crippen molar-refractivity contribution in [2.45, 2.75) is 32.1 Å². The molecule has 0 spiro atoms. The number of carbonyl (C=O) groups excluding carboxylic acids is 1. The number of carbonyl (C=O) groups is 1. The molecular formula is C14H19NO. The van der Waals surface area contributed by atoms with E-state index < -0.39 is 0 Å². The van der Waals surface area contributed by atoms with Gasteiger partial charge in [-0.1, -0.05) is 31.5 Å². The molecule has 1 N–H and O–H groups in total. The van der Waals surface area contributed by atoms with Crippen LogP contribution < -0.4 is 5.32 Å². The maximum Gasteiger partial charge on any atom is 0.176 e. The van der Waals surface area contributed by atoms with E-state index in [1.807, 2.05) is 19.1 Å². The van der Waals surface area contributed by atoms with E-state index in [0.717, 1.165) is 12.1 Å². The molecule has 1 aromatic carbocycles. The summed E-state index contributed by atoms with van der Waals surface area (Å²) in [4.78, 5) is 11.8. The zero-order chi connectivity index (χ0) is 11.4. The van der Waals surface area contributed by atoms with E-state index >= 15 is 0 Å². The van der Waals surface area contributed by atoms with Gasteiger partial charge in [0.25, 0.3) is 0 Å². The van der Waals surface area contributed by atoms with Gasteiger partial charge in [-0.25, -0.2) is 0 Å². The van der Waals surface area contributed by atoms with E-state index in [1.165, 1.54) is 24.8 Å². The minimum Gasteiger partial charge on any atom is -0.310 e. The summed E-state index contributed by atoms with van der Waals surface area (Å²) in [5.41, 5.74) is 2.19. The standard InChI is InChI=1S/C14H19NO/c1-2-15-10-14(16)13-8-4-7-12(9-13)11-5-3-6-11/h4,7-9,11,15H,2-3,5-6,10H2,1H3. The third-order valence-electron chi connectivity index (χ3n) is 3.32. The Bertz CT molecular complexity index is 369. The average molecular weight is 217 g/mol. The van der Waals surface area contributed by atoms with Crippen LogP contribution in [0.3, 0.4) is 0 Å². The molecule has 16 heavy (non-hydrogen) atoms. The van der Waals surface area contributed by atoms with Crippen molar-refractivity contribution in [2.75, 3.05) is 13.1 Å². The Morgan fingerprint density at radius 1 is 1.44 bits per heavy atom. The first-order valence-corrected chi connectivity index (χ1v) is 6.15. The number of likely N-dealkylation sites (N-methyl/N-ethyl adjacent to an activating group) is 1. The van der Waals surface area contributed by atoms with Gasteiger partial charge >= 0.3 is 0 Å². The highest BCUT2D eigenvalue weighted by Crippen LogP contribution is 2.36. The number of nitrogens with one attached hydrogen (secondary N) is 1. The zero-order valence-electron chi connectivity index (χ0n) is 9.83. The second kappa shape index (κ2) is 5.26. The summed E-state index contributed by atoms with van der Waals surface area (Å²) in [5, 5.41) is 3.07. The monoisotopic (exact) mass is 217 g/mol. The molecule has 0 bridgehead atoms. The van der Waals surface area contributed by atoms with Crippen LogP contribution in [0.25, 0.3) is 0 Å². The molecule has 0 heterocycles. The van der Waals surface area contributed by atoms with Crippen LogP contribution >= 0.6 is 0 Å². The Hall–Kier alpha value is -1.15. The van der Waals surface area contributed by atoms with E-state index in [2.05, 4.69) is 17.4 Å². The lowest BCUT2D eigenvalue weighted by Crippen LogP contribution is -2.22. The van der Waals surface area contributed by atoms with Crippen molar-refractivity contribution >= 4 is 5.78 Å². The summed E-state index contributed by atoms with van der Waals surface area (Å²) in [6, 6.07) is 8.14. The Labute approximate surface area is 97.1 Å². The van der Waals surface area contributed by atoms with E-state index in [9.17, 15) is 4.79 Å². The summed E-state index contributed by atoms with van der Waals surface area (Å²) in [6.45, 7) is 3.30. The van der Waals surface area contributed by atoms with E-state index in [0.29, 0.717) is 12.5 Å². The third-order valence-corrected chi connectivity index (χ3v) is 3.32. The highest BCUT2D eigenvalue weighted by Gasteiger charge is 2.20. The van der Waals surface area contributed by atoms with Gasteiger partial charge in [0.05, 0.1) is 6.54 Å². The van der Waals surface area contributed by atoms with Gasteiger partial charge in [-0.15, -0.1) is 0 Å². The topological polar surface area (TPSA) is 29.1 Å². The van der Waals surface area contributed by atoms with Crippen molar-refractivity contribution in [3.8, 4) is 0 Å². The fourth-order valence-corrected chi connectivity index (χ4v) is 2.05. The van der Waals surface area contributed by atoms with Crippen molar-refractivity contribution in [1.29, 1.82) is 0 Å². The number of rotatable bonds is 5. The van der Waals surface area contributed by atoms with E-state index in [-0.39, 0.29) is 5.78 Å². The fraction of sp³-hybridized carbons (Fsp3) is 0.500. The van der Waals surface area contributed by atoms with Crippen molar-refractivity contribution in [3.05, 3.63) is 35.4 Å². The highest BCUT2D eigenvalue weighted by atomic mass is 16.1. The molecule has 2 nitrogen and oxygen atoms in total. The summed E-state index contributed by atoms with van der Waals surface area (Å²) >= 11 is 0. The summed E-state index contributed by atoms with van der Waals surface area (Å²) in [7, 11) is 0. The molecule has 0 aliphatic heterocycles. The predicted molar refractivity (Wildman–Crippen MR) is 65.9 cm³/mol. The van der Waals surface area contributed by atoms with Gasteiger partial charge in [-0.05, 0) is 36.9 Å². The predicted octanol–water partition coefficient (Wildman–Crippen LogP) is 2.75. The van der Waals surface area contributed by atoms with Crippen molar-refractivity contribution in [3.63, 3.8) is 0 Å². The Balaban J connectivity index is 2.05. The molecule has 1 aromatic rings. The first kappa shape index (κ1) is 11.3. The molecule has 1 aliphatic carbocycles.